The average molecular weight is 403 g/mol. The number of anilines is 1. The summed E-state index contributed by atoms with van der Waals surface area (Å²) in [7, 11) is 0. The Bertz CT molecular complexity index is 1140. The van der Waals surface area contributed by atoms with E-state index in [4.69, 9.17) is 0 Å². The molecule has 5 nitrogen and oxygen atoms in total. The van der Waals surface area contributed by atoms with E-state index in [0.717, 1.165) is 15.7 Å². The quantitative estimate of drug-likeness (QED) is 0.691. The number of fused-ring (bicyclic) bond motifs is 1. The van der Waals surface area contributed by atoms with Crippen LogP contribution in [0.1, 0.15) is 36.2 Å². The van der Waals surface area contributed by atoms with Gasteiger partial charge in [-0.1, -0.05) is 36.8 Å². The SMILES string of the molecule is CCC(C(=O)Nc1ccc(C)cc1C)n1c(=O)c(C(F)(F)F)nc2ccccc21. The van der Waals surface area contributed by atoms with E-state index in [1.807, 2.05) is 26.0 Å². The van der Waals surface area contributed by atoms with Crippen LogP contribution in [0.5, 0.6) is 0 Å². The maximum Gasteiger partial charge on any atom is 0.438 e. The number of hydrogen-bond acceptors (Lipinski definition) is 3. The number of benzene rings is 2. The van der Waals surface area contributed by atoms with Gasteiger partial charge in [-0.2, -0.15) is 13.2 Å². The van der Waals surface area contributed by atoms with Crippen molar-refractivity contribution in [3.8, 4) is 0 Å². The van der Waals surface area contributed by atoms with Gasteiger partial charge in [0.1, 0.15) is 6.04 Å². The van der Waals surface area contributed by atoms with Crippen LogP contribution in [-0.4, -0.2) is 15.5 Å². The van der Waals surface area contributed by atoms with Crippen molar-refractivity contribution in [2.45, 2.75) is 39.4 Å². The molecule has 3 rings (SSSR count). The van der Waals surface area contributed by atoms with Crippen molar-refractivity contribution in [3.05, 3.63) is 69.6 Å². The van der Waals surface area contributed by atoms with E-state index < -0.39 is 29.4 Å². The van der Waals surface area contributed by atoms with Crippen LogP contribution in [0.15, 0.2) is 47.3 Å². The summed E-state index contributed by atoms with van der Waals surface area (Å²) in [6.07, 6.45) is -4.80. The van der Waals surface area contributed by atoms with Gasteiger partial charge in [-0.05, 0) is 44.0 Å². The van der Waals surface area contributed by atoms with Crippen LogP contribution in [-0.2, 0) is 11.0 Å². The summed E-state index contributed by atoms with van der Waals surface area (Å²) >= 11 is 0. The number of hydrogen-bond donors (Lipinski definition) is 1. The minimum Gasteiger partial charge on any atom is -0.324 e. The van der Waals surface area contributed by atoms with Gasteiger partial charge < -0.3 is 5.32 Å². The number of aromatic nitrogens is 2. The van der Waals surface area contributed by atoms with Gasteiger partial charge in [0.15, 0.2) is 0 Å². The fourth-order valence-electron chi connectivity index (χ4n) is 3.30. The molecule has 0 bridgehead atoms. The Kier molecular flexibility index (Phi) is 5.46. The van der Waals surface area contributed by atoms with Gasteiger partial charge in [-0.15, -0.1) is 0 Å². The molecule has 0 saturated heterocycles. The number of para-hydroxylation sites is 2. The highest BCUT2D eigenvalue weighted by molar-refractivity contribution is 5.95. The molecule has 0 aliphatic carbocycles. The Balaban J connectivity index is 2.14. The first-order chi connectivity index (χ1) is 13.6. The molecule has 0 aliphatic heterocycles. The summed E-state index contributed by atoms with van der Waals surface area (Å²) in [5.41, 5.74) is -0.325. The molecule has 3 aromatic rings. The van der Waals surface area contributed by atoms with Gasteiger partial charge in [-0.25, -0.2) is 4.98 Å². The molecule has 1 aromatic heterocycles. The molecule has 29 heavy (non-hydrogen) atoms. The van der Waals surface area contributed by atoms with Gasteiger partial charge in [0.05, 0.1) is 11.0 Å². The van der Waals surface area contributed by atoms with Crippen LogP contribution < -0.4 is 10.9 Å². The lowest BCUT2D eigenvalue weighted by Gasteiger charge is -2.22. The van der Waals surface area contributed by atoms with Gasteiger partial charge in [0, 0.05) is 5.69 Å². The van der Waals surface area contributed by atoms with E-state index in [1.165, 1.54) is 18.2 Å². The topological polar surface area (TPSA) is 64.0 Å². The molecule has 0 radical (unpaired) electrons. The molecule has 152 valence electrons. The molecule has 0 aliphatic rings. The zero-order chi connectivity index (χ0) is 21.3. The minimum absolute atomic E-state index is 0.00260. The van der Waals surface area contributed by atoms with Crippen LogP contribution in [0.25, 0.3) is 11.0 Å². The average Bonchev–Trinajstić information content (AvgIpc) is 2.65. The fraction of sp³-hybridized carbons (Fsp3) is 0.286. The summed E-state index contributed by atoms with van der Waals surface area (Å²) in [5, 5.41) is 2.74. The van der Waals surface area contributed by atoms with Crippen molar-refractivity contribution < 1.29 is 18.0 Å². The zero-order valence-electron chi connectivity index (χ0n) is 16.2. The zero-order valence-corrected chi connectivity index (χ0v) is 16.2. The molecule has 8 heteroatoms. The van der Waals surface area contributed by atoms with Crippen molar-refractivity contribution in [2.75, 3.05) is 5.32 Å². The van der Waals surface area contributed by atoms with Gasteiger partial charge in [-0.3, -0.25) is 14.2 Å². The third kappa shape index (κ3) is 4.01. The number of rotatable bonds is 4. The van der Waals surface area contributed by atoms with E-state index >= 15 is 0 Å². The number of nitrogens with one attached hydrogen (secondary N) is 1. The second kappa shape index (κ2) is 7.69. The van der Waals surface area contributed by atoms with Crippen LogP contribution >= 0.6 is 0 Å². The van der Waals surface area contributed by atoms with Crippen molar-refractivity contribution in [3.63, 3.8) is 0 Å². The number of nitrogens with zero attached hydrogens (tertiary/aromatic N) is 2. The summed E-state index contributed by atoms with van der Waals surface area (Å²) in [6, 6.07) is 10.3. The minimum atomic E-state index is -4.93. The smallest absolute Gasteiger partial charge is 0.324 e. The highest BCUT2D eigenvalue weighted by atomic mass is 19.4. The van der Waals surface area contributed by atoms with E-state index in [0.29, 0.717) is 5.69 Å². The van der Waals surface area contributed by atoms with Crippen molar-refractivity contribution in [2.24, 2.45) is 0 Å². The maximum absolute atomic E-state index is 13.4. The van der Waals surface area contributed by atoms with E-state index in [9.17, 15) is 22.8 Å². The molecule has 1 heterocycles. The number of amides is 1. The van der Waals surface area contributed by atoms with Gasteiger partial charge in [0.25, 0.3) is 5.56 Å². The van der Waals surface area contributed by atoms with Gasteiger partial charge in [0.2, 0.25) is 11.6 Å². The molecule has 1 N–H and O–H groups in total. The highest BCUT2D eigenvalue weighted by Crippen LogP contribution is 2.28. The monoisotopic (exact) mass is 403 g/mol. The molecule has 1 atom stereocenters. The molecular formula is C21H20F3N3O2. The first-order valence-electron chi connectivity index (χ1n) is 9.10. The van der Waals surface area contributed by atoms with Crippen LogP contribution in [0.2, 0.25) is 0 Å². The largest absolute Gasteiger partial charge is 0.438 e. The van der Waals surface area contributed by atoms with Crippen molar-refractivity contribution >= 4 is 22.6 Å². The Morgan fingerprint density at radius 2 is 1.86 bits per heavy atom. The predicted molar refractivity (Wildman–Crippen MR) is 105 cm³/mol. The van der Waals surface area contributed by atoms with Crippen LogP contribution in [0.3, 0.4) is 0 Å². The number of alkyl halides is 3. The number of aryl methyl sites for hydroxylation is 2. The standard InChI is InChI=1S/C21H20F3N3O2/c1-4-16(19(28)26-14-10-9-12(2)11-13(14)3)27-17-8-6-5-7-15(17)25-18(20(27)29)21(22,23)24/h5-11,16H,4H2,1-3H3,(H,26,28). The van der Waals surface area contributed by atoms with Gasteiger partial charge >= 0.3 is 6.18 Å². The Labute approximate surface area is 165 Å². The third-order valence-corrected chi connectivity index (χ3v) is 4.70. The second-order valence-electron chi connectivity index (χ2n) is 6.85. The summed E-state index contributed by atoms with van der Waals surface area (Å²) in [6.45, 7) is 5.37. The molecule has 0 spiro atoms. The lowest BCUT2D eigenvalue weighted by Crippen LogP contribution is -2.37. The molecule has 1 unspecified atom stereocenters. The predicted octanol–water partition coefficient (Wildman–Crippen LogP) is 4.62. The lowest BCUT2D eigenvalue weighted by atomic mass is 10.1. The number of halogens is 3. The van der Waals surface area contributed by atoms with Crippen molar-refractivity contribution in [1.82, 2.24) is 9.55 Å². The molecule has 2 aromatic carbocycles. The van der Waals surface area contributed by atoms with E-state index in [1.54, 1.807) is 19.1 Å². The molecular weight excluding hydrogens is 383 g/mol. The lowest BCUT2D eigenvalue weighted by molar-refractivity contribution is -0.142. The normalized spacial score (nSPS) is 12.8. The van der Waals surface area contributed by atoms with Crippen LogP contribution in [0.4, 0.5) is 18.9 Å². The van der Waals surface area contributed by atoms with E-state index in [2.05, 4.69) is 10.3 Å². The van der Waals surface area contributed by atoms with E-state index in [-0.39, 0.29) is 17.5 Å². The first-order valence-corrected chi connectivity index (χ1v) is 9.10. The summed E-state index contributed by atoms with van der Waals surface area (Å²) in [5.74, 6) is -0.564. The van der Waals surface area contributed by atoms with Crippen LogP contribution in [0, 0.1) is 13.8 Å². The Hall–Kier alpha value is -3.16. The molecule has 0 fully saturated rings. The summed E-state index contributed by atoms with van der Waals surface area (Å²) < 4.78 is 41.1. The molecule has 1 amide bonds. The Morgan fingerprint density at radius 1 is 1.17 bits per heavy atom. The summed E-state index contributed by atoms with van der Waals surface area (Å²) in [4.78, 5) is 29.2. The molecule has 0 saturated carbocycles. The number of carbonyl (C=O) groups excluding carboxylic acids is 1. The first kappa shape index (κ1) is 20.6. The van der Waals surface area contributed by atoms with Crippen molar-refractivity contribution in [1.29, 1.82) is 0 Å². The third-order valence-electron chi connectivity index (χ3n) is 4.70. The fourth-order valence-corrected chi connectivity index (χ4v) is 3.30. The maximum atomic E-state index is 13.4. The highest BCUT2D eigenvalue weighted by Gasteiger charge is 2.38. The Morgan fingerprint density at radius 3 is 2.48 bits per heavy atom. The second-order valence-corrected chi connectivity index (χ2v) is 6.85. The number of carbonyl (C=O) groups is 1.